The van der Waals surface area contributed by atoms with Crippen LogP contribution in [0, 0.1) is 0 Å². The lowest BCUT2D eigenvalue weighted by molar-refractivity contribution is -0.130. The average molecular weight is 539 g/mol. The number of nitrogens with one attached hydrogen (secondary N) is 2. The third-order valence-corrected chi connectivity index (χ3v) is 5.34. The molecule has 0 radical (unpaired) electrons. The van der Waals surface area contributed by atoms with E-state index in [0.29, 0.717) is 22.1 Å². The van der Waals surface area contributed by atoms with Crippen molar-refractivity contribution in [2.45, 2.75) is 13.0 Å². The summed E-state index contributed by atoms with van der Waals surface area (Å²) in [6, 6.07) is 12.3. The molecular formula is C23H18Cl3N3O6. The van der Waals surface area contributed by atoms with E-state index in [1.807, 2.05) is 0 Å². The number of halogens is 3. The van der Waals surface area contributed by atoms with Gasteiger partial charge < -0.3 is 19.6 Å². The van der Waals surface area contributed by atoms with Gasteiger partial charge in [-0.3, -0.25) is 9.59 Å². The molecule has 1 atom stereocenters. The smallest absolute Gasteiger partial charge is 0.337 e. The fourth-order valence-corrected chi connectivity index (χ4v) is 3.40. The number of hydrogen-bond acceptors (Lipinski definition) is 6. The number of hydrogen-bond donors (Lipinski definition) is 3. The Morgan fingerprint density at radius 2 is 1.86 bits per heavy atom. The molecular weight excluding hydrogens is 521 g/mol. The second kappa shape index (κ2) is 11.7. The maximum absolute atomic E-state index is 12.2. The molecule has 3 rings (SSSR count). The van der Waals surface area contributed by atoms with Gasteiger partial charge in [0.15, 0.2) is 6.10 Å². The first-order valence-corrected chi connectivity index (χ1v) is 11.1. The first kappa shape index (κ1) is 26.1. The van der Waals surface area contributed by atoms with Crippen LogP contribution in [0.3, 0.4) is 0 Å². The zero-order valence-electron chi connectivity index (χ0n) is 18.1. The molecule has 3 N–H and O–H groups in total. The van der Waals surface area contributed by atoms with Crippen molar-refractivity contribution in [1.82, 2.24) is 10.7 Å². The Morgan fingerprint density at radius 3 is 2.57 bits per heavy atom. The molecule has 1 aromatic heterocycles. The lowest BCUT2D eigenvalue weighted by Gasteiger charge is -2.15. The van der Waals surface area contributed by atoms with Crippen molar-refractivity contribution in [1.29, 1.82) is 0 Å². The minimum Gasteiger partial charge on any atom is -0.479 e. The zero-order valence-corrected chi connectivity index (χ0v) is 20.3. The predicted molar refractivity (Wildman–Crippen MR) is 131 cm³/mol. The zero-order chi connectivity index (χ0) is 25.5. The summed E-state index contributed by atoms with van der Waals surface area (Å²) in [6.45, 7) is 1.16. The summed E-state index contributed by atoms with van der Waals surface area (Å²) in [5.41, 5.74) is 2.71. The molecule has 0 aliphatic heterocycles. The number of rotatable bonds is 9. The Kier molecular flexibility index (Phi) is 8.75. The van der Waals surface area contributed by atoms with Crippen LogP contribution >= 0.6 is 34.8 Å². The highest BCUT2D eigenvalue weighted by Gasteiger charge is 2.17. The highest BCUT2D eigenvalue weighted by Crippen LogP contribution is 2.28. The molecule has 0 spiro atoms. The summed E-state index contributed by atoms with van der Waals surface area (Å²) >= 11 is 17.7. The van der Waals surface area contributed by atoms with Crippen molar-refractivity contribution in [2.24, 2.45) is 5.10 Å². The SMILES string of the molecule is C[C@H](Oc1ccc(Cl)cc1Cl)C(=O)NCC(=O)N/N=C\c1ccc(-c2ccc(Cl)c(C(=O)O)c2)o1. The Labute approximate surface area is 214 Å². The fourth-order valence-electron chi connectivity index (χ4n) is 2.75. The summed E-state index contributed by atoms with van der Waals surface area (Å²) < 4.78 is 11.1. The van der Waals surface area contributed by atoms with Crippen LogP contribution in [0.2, 0.25) is 15.1 Å². The summed E-state index contributed by atoms with van der Waals surface area (Å²) in [4.78, 5) is 35.4. The van der Waals surface area contributed by atoms with Gasteiger partial charge >= 0.3 is 5.97 Å². The van der Waals surface area contributed by atoms with Crippen molar-refractivity contribution < 1.29 is 28.6 Å². The fraction of sp³-hybridized carbons (Fsp3) is 0.130. The van der Waals surface area contributed by atoms with Gasteiger partial charge in [-0.25, -0.2) is 10.2 Å². The van der Waals surface area contributed by atoms with Crippen molar-refractivity contribution in [3.8, 4) is 17.1 Å². The van der Waals surface area contributed by atoms with E-state index in [9.17, 15) is 19.5 Å². The monoisotopic (exact) mass is 537 g/mol. The van der Waals surface area contributed by atoms with Gasteiger partial charge in [0.1, 0.15) is 17.3 Å². The Hall–Kier alpha value is -3.53. The molecule has 0 fully saturated rings. The molecule has 0 aliphatic rings. The van der Waals surface area contributed by atoms with Gasteiger partial charge in [0.25, 0.3) is 11.8 Å². The van der Waals surface area contributed by atoms with Gasteiger partial charge in [-0.15, -0.1) is 0 Å². The lowest BCUT2D eigenvalue weighted by Crippen LogP contribution is -2.41. The van der Waals surface area contributed by atoms with Crippen LogP contribution in [0.4, 0.5) is 0 Å². The van der Waals surface area contributed by atoms with Crippen molar-refractivity contribution in [3.05, 3.63) is 74.9 Å². The molecule has 1 heterocycles. The number of ether oxygens (including phenoxy) is 1. The van der Waals surface area contributed by atoms with Gasteiger partial charge in [0, 0.05) is 10.6 Å². The number of furan rings is 1. The minimum absolute atomic E-state index is 0.0546. The number of carbonyl (C=O) groups excluding carboxylic acids is 2. The number of amides is 2. The third kappa shape index (κ3) is 7.22. The molecule has 35 heavy (non-hydrogen) atoms. The van der Waals surface area contributed by atoms with Crippen LogP contribution in [-0.2, 0) is 9.59 Å². The van der Waals surface area contributed by atoms with Crippen molar-refractivity contribution in [3.63, 3.8) is 0 Å². The molecule has 3 aromatic rings. The molecule has 0 aliphatic carbocycles. The molecule has 0 unspecified atom stereocenters. The van der Waals surface area contributed by atoms with Crippen LogP contribution < -0.4 is 15.5 Å². The van der Waals surface area contributed by atoms with E-state index in [0.717, 1.165) is 0 Å². The molecule has 2 aromatic carbocycles. The second-order valence-corrected chi connectivity index (χ2v) is 8.30. The molecule has 0 saturated heterocycles. The number of benzene rings is 2. The largest absolute Gasteiger partial charge is 0.479 e. The summed E-state index contributed by atoms with van der Waals surface area (Å²) in [5, 5.41) is 16.2. The molecule has 2 amide bonds. The normalized spacial score (nSPS) is 11.8. The van der Waals surface area contributed by atoms with Gasteiger partial charge in [-0.05, 0) is 55.5 Å². The van der Waals surface area contributed by atoms with Crippen LogP contribution in [0.5, 0.6) is 5.75 Å². The maximum Gasteiger partial charge on any atom is 0.337 e. The van der Waals surface area contributed by atoms with E-state index in [1.165, 1.54) is 37.4 Å². The Bertz CT molecular complexity index is 1290. The van der Waals surface area contributed by atoms with E-state index in [1.54, 1.807) is 24.3 Å². The predicted octanol–water partition coefficient (Wildman–Crippen LogP) is 4.64. The highest BCUT2D eigenvalue weighted by molar-refractivity contribution is 6.35. The number of aromatic carboxylic acids is 1. The van der Waals surface area contributed by atoms with Crippen molar-refractivity contribution in [2.75, 3.05) is 6.54 Å². The Morgan fingerprint density at radius 1 is 1.09 bits per heavy atom. The number of carbonyl (C=O) groups is 3. The quantitative estimate of drug-likeness (QED) is 0.269. The first-order chi connectivity index (χ1) is 16.6. The molecule has 0 saturated carbocycles. The number of hydrazone groups is 1. The van der Waals surface area contributed by atoms with E-state index in [2.05, 4.69) is 15.8 Å². The Balaban J connectivity index is 1.48. The molecule has 0 bridgehead atoms. The molecule has 182 valence electrons. The van der Waals surface area contributed by atoms with E-state index in [-0.39, 0.29) is 27.9 Å². The second-order valence-electron chi connectivity index (χ2n) is 7.05. The van der Waals surface area contributed by atoms with Gasteiger partial charge in [0.2, 0.25) is 0 Å². The lowest BCUT2D eigenvalue weighted by atomic mass is 10.1. The van der Waals surface area contributed by atoms with Crippen LogP contribution in [-0.4, -0.2) is 41.8 Å². The van der Waals surface area contributed by atoms with Gasteiger partial charge in [0.05, 0.1) is 28.4 Å². The van der Waals surface area contributed by atoms with E-state index >= 15 is 0 Å². The van der Waals surface area contributed by atoms with E-state index in [4.69, 9.17) is 44.0 Å². The summed E-state index contributed by atoms with van der Waals surface area (Å²) in [7, 11) is 0. The first-order valence-electron chi connectivity index (χ1n) is 9.98. The van der Waals surface area contributed by atoms with E-state index < -0.39 is 23.9 Å². The number of nitrogens with zero attached hydrogens (tertiary/aromatic N) is 1. The standard InChI is InChI=1S/C23H18Cl3N3O6/c1-12(34-20-6-3-14(24)9-18(20)26)22(31)27-11-21(30)29-28-10-15-4-7-19(35-15)13-2-5-17(25)16(8-13)23(32)33/h2-10,12H,11H2,1H3,(H,27,31)(H,29,30)(H,32,33)/b28-10-/t12-/m0/s1. The van der Waals surface area contributed by atoms with Crippen LogP contribution in [0.25, 0.3) is 11.3 Å². The van der Waals surface area contributed by atoms with Crippen LogP contribution in [0.15, 0.2) is 58.0 Å². The van der Waals surface area contributed by atoms with Gasteiger partial charge in [-0.1, -0.05) is 34.8 Å². The van der Waals surface area contributed by atoms with Crippen LogP contribution in [0.1, 0.15) is 23.0 Å². The number of carboxylic acid groups (broad SMARTS) is 1. The molecule has 12 heteroatoms. The average Bonchev–Trinajstić information content (AvgIpc) is 3.28. The number of carboxylic acids is 1. The highest BCUT2D eigenvalue weighted by atomic mass is 35.5. The van der Waals surface area contributed by atoms with Gasteiger partial charge in [-0.2, -0.15) is 5.10 Å². The summed E-state index contributed by atoms with van der Waals surface area (Å²) in [5.74, 6) is -1.30. The molecule has 9 nitrogen and oxygen atoms in total. The maximum atomic E-state index is 12.2. The topological polar surface area (TPSA) is 130 Å². The van der Waals surface area contributed by atoms with Crippen molar-refractivity contribution >= 4 is 58.8 Å². The minimum atomic E-state index is -1.16. The third-order valence-electron chi connectivity index (χ3n) is 4.48. The summed E-state index contributed by atoms with van der Waals surface area (Å²) in [6.07, 6.45) is 0.340.